The normalized spacial score (nSPS) is 16.0. The summed E-state index contributed by atoms with van der Waals surface area (Å²) in [4.78, 5) is 12.7. The van der Waals surface area contributed by atoms with E-state index < -0.39 is 5.88 Å². The lowest BCUT2D eigenvalue weighted by atomic mass is 10.0. The van der Waals surface area contributed by atoms with E-state index >= 15 is 0 Å². The van der Waals surface area contributed by atoms with Crippen molar-refractivity contribution in [3.8, 4) is 0 Å². The zero-order valence-electron chi connectivity index (χ0n) is 13.7. The molecule has 0 aliphatic carbocycles. The number of carbonyl (C=O) groups excluding carboxylic acids is 1. The number of nitrogens with one attached hydrogen (secondary N) is 2. The van der Waals surface area contributed by atoms with Crippen LogP contribution in [-0.4, -0.2) is 16.6 Å². The molecule has 1 aliphatic heterocycles. The number of rotatable bonds is 4. The van der Waals surface area contributed by atoms with E-state index in [1.165, 1.54) is 10.4 Å². The molecule has 0 saturated carbocycles. The maximum atomic E-state index is 12.7. The Hall–Kier alpha value is -2.29. The second-order valence-electron chi connectivity index (χ2n) is 5.76. The van der Waals surface area contributed by atoms with Gasteiger partial charge in [-0.1, -0.05) is 40.3 Å². The van der Waals surface area contributed by atoms with Crippen LogP contribution in [0.25, 0.3) is 0 Å². The van der Waals surface area contributed by atoms with Gasteiger partial charge in [0.25, 0.3) is 0 Å². The molecular weight excluding hydrogens is 413 g/mol. The van der Waals surface area contributed by atoms with Crippen molar-refractivity contribution in [3.63, 3.8) is 0 Å². The van der Waals surface area contributed by atoms with E-state index in [4.69, 9.17) is 45.9 Å². The SMILES string of the molecule is N=C1C(=C(N)[O-])[NH2+]NN1Cc1cc(Cl)c(C(=O)c2ccc(Cl)cc2)c(Cl)c1. The summed E-state index contributed by atoms with van der Waals surface area (Å²) in [7, 11) is 0. The smallest absolute Gasteiger partial charge is 0.205 e. The van der Waals surface area contributed by atoms with Crippen molar-refractivity contribution in [3.05, 3.63) is 79.7 Å². The minimum Gasteiger partial charge on any atom is -0.856 e. The van der Waals surface area contributed by atoms with Crippen molar-refractivity contribution in [1.29, 1.82) is 5.41 Å². The highest BCUT2D eigenvalue weighted by molar-refractivity contribution is 6.41. The molecule has 27 heavy (non-hydrogen) atoms. The molecule has 0 aromatic heterocycles. The maximum absolute atomic E-state index is 12.7. The summed E-state index contributed by atoms with van der Waals surface area (Å²) in [5, 5.41) is 21.5. The Morgan fingerprint density at radius 2 is 1.78 bits per heavy atom. The molecule has 1 aliphatic rings. The van der Waals surface area contributed by atoms with Gasteiger partial charge in [-0.3, -0.25) is 10.2 Å². The molecule has 0 unspecified atom stereocenters. The average Bonchev–Trinajstić information content (AvgIpc) is 2.95. The van der Waals surface area contributed by atoms with Gasteiger partial charge in [-0.25, -0.2) is 10.4 Å². The Kier molecular flexibility index (Phi) is 5.59. The van der Waals surface area contributed by atoms with E-state index in [2.05, 4.69) is 5.53 Å². The molecule has 1 heterocycles. The molecule has 10 heteroatoms. The van der Waals surface area contributed by atoms with Crippen LogP contribution in [0.4, 0.5) is 0 Å². The Balaban J connectivity index is 1.85. The van der Waals surface area contributed by atoms with E-state index in [9.17, 15) is 9.90 Å². The molecule has 1 fully saturated rings. The van der Waals surface area contributed by atoms with Crippen molar-refractivity contribution in [1.82, 2.24) is 10.5 Å². The van der Waals surface area contributed by atoms with Crippen LogP contribution < -0.4 is 21.8 Å². The van der Waals surface area contributed by atoms with Gasteiger partial charge in [0.05, 0.1) is 22.2 Å². The molecule has 0 spiro atoms. The first-order valence-electron chi connectivity index (χ1n) is 7.68. The Bertz CT molecular complexity index is 933. The monoisotopic (exact) mass is 425 g/mol. The molecule has 3 rings (SSSR count). The van der Waals surface area contributed by atoms with Crippen molar-refractivity contribution >= 4 is 46.4 Å². The highest BCUT2D eigenvalue weighted by Gasteiger charge is 2.28. The highest BCUT2D eigenvalue weighted by Crippen LogP contribution is 2.30. The zero-order chi connectivity index (χ0) is 19.7. The number of ketones is 1. The second kappa shape index (κ2) is 7.75. The third kappa shape index (κ3) is 4.02. The van der Waals surface area contributed by atoms with Gasteiger partial charge in [0.1, 0.15) is 0 Å². The van der Waals surface area contributed by atoms with Crippen molar-refractivity contribution in [2.45, 2.75) is 6.54 Å². The van der Waals surface area contributed by atoms with Crippen LogP contribution in [0.5, 0.6) is 0 Å². The van der Waals surface area contributed by atoms with E-state index in [0.29, 0.717) is 16.1 Å². The Morgan fingerprint density at radius 3 is 2.30 bits per heavy atom. The van der Waals surface area contributed by atoms with Crippen LogP contribution >= 0.6 is 34.8 Å². The molecular formula is C17H14Cl3N5O2. The summed E-state index contributed by atoms with van der Waals surface area (Å²) in [5.74, 6) is -1.08. The lowest BCUT2D eigenvalue weighted by Crippen LogP contribution is -2.89. The number of nitrogens with two attached hydrogens (primary N) is 2. The molecule has 0 bridgehead atoms. The number of hydrazine groups is 1. The number of amidine groups is 1. The minimum absolute atomic E-state index is 0.0592. The van der Waals surface area contributed by atoms with Gasteiger partial charge in [-0.05, 0) is 42.0 Å². The fourth-order valence-corrected chi connectivity index (χ4v) is 3.43. The van der Waals surface area contributed by atoms with E-state index in [1.54, 1.807) is 36.4 Å². The molecule has 0 atom stereocenters. The number of halogens is 3. The van der Waals surface area contributed by atoms with Gasteiger partial charge in [-0.2, -0.15) is 0 Å². The summed E-state index contributed by atoms with van der Waals surface area (Å²) in [6.45, 7) is 0.195. The second-order valence-corrected chi connectivity index (χ2v) is 7.01. The Labute approximate surface area is 169 Å². The van der Waals surface area contributed by atoms with Crippen LogP contribution in [0.1, 0.15) is 21.5 Å². The zero-order valence-corrected chi connectivity index (χ0v) is 16.0. The first-order valence-corrected chi connectivity index (χ1v) is 8.82. The third-order valence-electron chi connectivity index (χ3n) is 3.93. The summed E-state index contributed by atoms with van der Waals surface area (Å²) < 4.78 is 0. The largest absolute Gasteiger partial charge is 0.856 e. The Morgan fingerprint density at radius 1 is 1.19 bits per heavy atom. The van der Waals surface area contributed by atoms with Gasteiger partial charge in [0.2, 0.25) is 11.5 Å². The minimum atomic E-state index is -0.699. The summed E-state index contributed by atoms with van der Waals surface area (Å²) in [6.07, 6.45) is 0. The third-order valence-corrected chi connectivity index (χ3v) is 4.78. The number of hydrogen-bond donors (Lipinski definition) is 4. The number of nitrogens with zero attached hydrogens (tertiary/aromatic N) is 1. The first-order chi connectivity index (χ1) is 12.8. The molecule has 0 amide bonds. The van der Waals surface area contributed by atoms with Crippen LogP contribution in [0.3, 0.4) is 0 Å². The number of quaternary nitrogens is 1. The predicted molar refractivity (Wildman–Crippen MR) is 101 cm³/mol. The van der Waals surface area contributed by atoms with Crippen molar-refractivity contribution < 1.29 is 15.3 Å². The average molecular weight is 427 g/mol. The van der Waals surface area contributed by atoms with Crippen molar-refractivity contribution in [2.24, 2.45) is 5.73 Å². The lowest BCUT2D eigenvalue weighted by molar-refractivity contribution is -0.672. The quantitative estimate of drug-likeness (QED) is 0.332. The number of hydrogen-bond acceptors (Lipinski definition) is 5. The predicted octanol–water partition coefficient (Wildman–Crippen LogP) is 1.14. The summed E-state index contributed by atoms with van der Waals surface area (Å²) in [6, 6.07) is 9.59. The molecule has 2 aromatic rings. The van der Waals surface area contributed by atoms with Crippen LogP contribution in [0.2, 0.25) is 15.1 Å². The van der Waals surface area contributed by atoms with E-state index in [1.807, 2.05) is 0 Å². The molecule has 6 N–H and O–H groups in total. The van der Waals surface area contributed by atoms with Gasteiger partial charge in [-0.15, -0.1) is 0 Å². The molecule has 1 saturated heterocycles. The molecule has 0 radical (unpaired) electrons. The van der Waals surface area contributed by atoms with E-state index in [-0.39, 0.29) is 39.5 Å². The highest BCUT2D eigenvalue weighted by atomic mass is 35.5. The first kappa shape index (κ1) is 19.5. The van der Waals surface area contributed by atoms with Crippen LogP contribution in [0.15, 0.2) is 48.0 Å². The number of carbonyl (C=O) groups is 1. The van der Waals surface area contributed by atoms with Crippen LogP contribution in [0, 0.1) is 5.41 Å². The topological polar surface area (TPSA) is 122 Å². The summed E-state index contributed by atoms with van der Waals surface area (Å²) in [5.41, 5.74) is 10.6. The molecule has 7 nitrogen and oxygen atoms in total. The lowest BCUT2D eigenvalue weighted by Gasteiger charge is -2.15. The van der Waals surface area contributed by atoms with E-state index in [0.717, 1.165) is 0 Å². The van der Waals surface area contributed by atoms with Crippen LogP contribution in [-0.2, 0) is 6.54 Å². The van der Waals surface area contributed by atoms with Crippen molar-refractivity contribution in [2.75, 3.05) is 0 Å². The van der Waals surface area contributed by atoms with Gasteiger partial charge < -0.3 is 10.8 Å². The standard InChI is InChI=1S/C17H14Cl3N5O2/c18-10-3-1-9(2-4-10)15(26)13-11(19)5-8(6-12(13)20)7-25-16(21)14(17(22)27)23-24-25/h1-6,21,23-24,27H,7,22H2. The molecule has 2 aromatic carbocycles. The van der Waals surface area contributed by atoms with Gasteiger partial charge >= 0.3 is 0 Å². The molecule has 140 valence electrons. The van der Waals surface area contributed by atoms with Gasteiger partial charge in [0, 0.05) is 16.5 Å². The number of benzene rings is 2. The summed E-state index contributed by atoms with van der Waals surface area (Å²) >= 11 is 18.4. The maximum Gasteiger partial charge on any atom is 0.205 e. The van der Waals surface area contributed by atoms with Gasteiger partial charge in [0.15, 0.2) is 5.78 Å². The fraction of sp³-hybridized carbons (Fsp3) is 0.0588. The fourth-order valence-electron chi connectivity index (χ4n) is 2.60.